The van der Waals surface area contributed by atoms with Crippen LogP contribution in [-0.4, -0.2) is 78.6 Å². The zero-order valence-electron chi connectivity index (χ0n) is 26.8. The number of allylic oxidation sites excluding steroid dienone is 2. The molecule has 0 amide bonds. The first-order chi connectivity index (χ1) is 22.2. The highest BCUT2D eigenvalue weighted by molar-refractivity contribution is 6.11. The van der Waals surface area contributed by atoms with Crippen LogP contribution in [0.25, 0.3) is 5.70 Å². The quantitative estimate of drug-likeness (QED) is 0.179. The van der Waals surface area contributed by atoms with Crippen LogP contribution in [0.2, 0.25) is 0 Å². The molecule has 0 aliphatic carbocycles. The van der Waals surface area contributed by atoms with Crippen molar-refractivity contribution in [2.24, 2.45) is 5.92 Å². The number of rotatable bonds is 13. The molecule has 0 saturated carbocycles. The average molecular weight is 633 g/mol. The van der Waals surface area contributed by atoms with Gasteiger partial charge in [-0.25, -0.2) is 13.6 Å². The van der Waals surface area contributed by atoms with Crippen molar-refractivity contribution >= 4 is 17.4 Å². The summed E-state index contributed by atoms with van der Waals surface area (Å²) in [6, 6.07) is 10.8. The minimum Gasteiger partial charge on any atom is -0.493 e. The molecule has 46 heavy (non-hydrogen) atoms. The molecule has 2 aromatic carbocycles. The largest absolute Gasteiger partial charge is 0.493 e. The molecule has 3 aliphatic rings. The molecule has 3 heterocycles. The highest BCUT2D eigenvalue weighted by atomic mass is 19.1. The summed E-state index contributed by atoms with van der Waals surface area (Å²) in [5, 5.41) is 3.41. The molecule has 0 aromatic heterocycles. The Morgan fingerprint density at radius 2 is 1.87 bits per heavy atom. The molecule has 10 heteroatoms. The van der Waals surface area contributed by atoms with Crippen LogP contribution in [0.5, 0.6) is 5.75 Å². The van der Waals surface area contributed by atoms with Crippen molar-refractivity contribution in [1.82, 2.24) is 20.0 Å². The van der Waals surface area contributed by atoms with E-state index in [1.165, 1.54) is 17.0 Å². The summed E-state index contributed by atoms with van der Waals surface area (Å²) in [4.78, 5) is 31.9. The van der Waals surface area contributed by atoms with Gasteiger partial charge in [-0.3, -0.25) is 10.1 Å². The van der Waals surface area contributed by atoms with E-state index in [0.717, 1.165) is 18.7 Å². The van der Waals surface area contributed by atoms with Gasteiger partial charge in [-0.1, -0.05) is 44.2 Å². The predicted octanol–water partition coefficient (Wildman–Crippen LogP) is 5.41. The van der Waals surface area contributed by atoms with E-state index in [0.29, 0.717) is 36.2 Å². The van der Waals surface area contributed by atoms with Gasteiger partial charge in [0.1, 0.15) is 23.2 Å². The van der Waals surface area contributed by atoms with Gasteiger partial charge in [0, 0.05) is 43.9 Å². The Balaban J connectivity index is 1.54. The second kappa shape index (κ2) is 14.8. The standard InChI is InChI=1S/C36H42F2N4O4/c1-5-45-36(44)35-31(43)21-32-41(23-39-18-17-27-11-8-9-19-40(27)4)34(25-13-15-28(16-14-25)46-22-24(2)3)33(38)30(42(32)35)20-26-10-6-7-12-29(26)37/h6-16,21,24,30,35,39H,5,17-20,22-23H2,1-4H3. The molecule has 2 unspecified atom stereocenters. The molecule has 0 fully saturated rings. The fourth-order valence-electron chi connectivity index (χ4n) is 5.89. The van der Waals surface area contributed by atoms with E-state index in [9.17, 15) is 14.0 Å². The number of hydrogen-bond acceptors (Lipinski definition) is 8. The van der Waals surface area contributed by atoms with Crippen LogP contribution >= 0.6 is 0 Å². The van der Waals surface area contributed by atoms with Crippen molar-refractivity contribution in [1.29, 1.82) is 0 Å². The van der Waals surface area contributed by atoms with Crippen LogP contribution in [-0.2, 0) is 20.7 Å². The third kappa shape index (κ3) is 7.17. The van der Waals surface area contributed by atoms with E-state index in [4.69, 9.17) is 9.47 Å². The Labute approximate surface area is 269 Å². The number of likely N-dealkylation sites (N-methyl/N-ethyl adjacent to an activating group) is 1. The first-order valence-electron chi connectivity index (χ1n) is 15.8. The van der Waals surface area contributed by atoms with Crippen LogP contribution in [0.3, 0.4) is 0 Å². The number of nitrogens with zero attached hydrogens (tertiary/aromatic N) is 3. The van der Waals surface area contributed by atoms with Gasteiger partial charge >= 0.3 is 5.97 Å². The summed E-state index contributed by atoms with van der Waals surface area (Å²) in [6.45, 7) is 7.93. The zero-order valence-corrected chi connectivity index (χ0v) is 26.8. The maximum atomic E-state index is 17.2. The van der Waals surface area contributed by atoms with Crippen LogP contribution in [0.15, 0.2) is 90.2 Å². The first kappa shape index (κ1) is 32.9. The van der Waals surface area contributed by atoms with E-state index < -0.39 is 35.5 Å². The number of hydrogen-bond donors (Lipinski definition) is 1. The summed E-state index contributed by atoms with van der Waals surface area (Å²) in [7, 11) is 2.03. The number of halogens is 2. The molecule has 1 N–H and O–H groups in total. The fraction of sp³-hybridized carbons (Fsp3) is 0.389. The Kier molecular flexibility index (Phi) is 10.6. The SMILES string of the molecule is CCOC(=O)C1C(=O)C=C2N(CNCCC3=CC=CCN3C)C(c3ccc(OCC(C)C)cc3)=C(F)C(Cc3ccccc3F)N21. The van der Waals surface area contributed by atoms with Gasteiger partial charge in [0.25, 0.3) is 0 Å². The molecule has 8 nitrogen and oxygen atoms in total. The molecule has 5 rings (SSSR count). The monoisotopic (exact) mass is 632 g/mol. The highest BCUT2D eigenvalue weighted by Gasteiger charge is 2.50. The number of carbonyl (C=O) groups is 2. The summed E-state index contributed by atoms with van der Waals surface area (Å²) in [6.07, 6.45) is 8.18. The van der Waals surface area contributed by atoms with Gasteiger partial charge in [0.05, 0.1) is 31.6 Å². The Bertz CT molecular complexity index is 1550. The fourth-order valence-corrected chi connectivity index (χ4v) is 5.89. The van der Waals surface area contributed by atoms with Gasteiger partial charge in [0.15, 0.2) is 11.8 Å². The highest BCUT2D eigenvalue weighted by Crippen LogP contribution is 2.43. The van der Waals surface area contributed by atoms with Crippen LogP contribution in [0.4, 0.5) is 8.78 Å². The lowest BCUT2D eigenvalue weighted by Gasteiger charge is -2.45. The molecule has 2 atom stereocenters. The van der Waals surface area contributed by atoms with Crippen LogP contribution in [0, 0.1) is 11.7 Å². The number of fused-ring (bicyclic) bond motifs is 1. The van der Waals surface area contributed by atoms with Crippen molar-refractivity contribution in [2.45, 2.75) is 45.7 Å². The number of ether oxygens (including phenoxy) is 2. The Hall–Kier alpha value is -4.44. The van der Waals surface area contributed by atoms with E-state index in [1.807, 2.05) is 13.1 Å². The third-order valence-electron chi connectivity index (χ3n) is 8.20. The lowest BCUT2D eigenvalue weighted by atomic mass is 9.96. The number of ketones is 1. The average Bonchev–Trinajstić information content (AvgIpc) is 3.38. The number of esters is 1. The number of benzene rings is 2. The van der Waals surface area contributed by atoms with Crippen molar-refractivity contribution < 1.29 is 27.8 Å². The molecule has 2 aromatic rings. The summed E-state index contributed by atoms with van der Waals surface area (Å²) in [5.41, 5.74) is 2.23. The van der Waals surface area contributed by atoms with E-state index >= 15 is 4.39 Å². The van der Waals surface area contributed by atoms with Gasteiger partial charge in [-0.15, -0.1) is 0 Å². The van der Waals surface area contributed by atoms with Gasteiger partial charge in [-0.2, -0.15) is 0 Å². The van der Waals surface area contributed by atoms with Crippen molar-refractivity contribution in [3.63, 3.8) is 0 Å². The summed E-state index contributed by atoms with van der Waals surface area (Å²) in [5.74, 6) is -1.01. The topological polar surface area (TPSA) is 74.4 Å². The van der Waals surface area contributed by atoms with Gasteiger partial charge in [0.2, 0.25) is 0 Å². The van der Waals surface area contributed by atoms with Gasteiger partial charge in [-0.05, 0) is 61.2 Å². The van der Waals surface area contributed by atoms with Crippen molar-refractivity contribution in [3.05, 3.63) is 107 Å². The van der Waals surface area contributed by atoms with E-state index in [-0.39, 0.29) is 31.0 Å². The summed E-state index contributed by atoms with van der Waals surface area (Å²) < 4.78 is 43.2. The molecule has 3 aliphatic heterocycles. The lowest BCUT2D eigenvalue weighted by molar-refractivity contribution is -0.151. The molecule has 0 saturated heterocycles. The zero-order chi connectivity index (χ0) is 32.8. The molecule has 244 valence electrons. The maximum Gasteiger partial charge on any atom is 0.337 e. The van der Waals surface area contributed by atoms with Crippen molar-refractivity contribution in [2.75, 3.05) is 40.0 Å². The van der Waals surface area contributed by atoms with Crippen LogP contribution < -0.4 is 10.1 Å². The summed E-state index contributed by atoms with van der Waals surface area (Å²) >= 11 is 0. The third-order valence-corrected chi connectivity index (χ3v) is 8.20. The maximum absolute atomic E-state index is 17.2. The van der Waals surface area contributed by atoms with E-state index in [1.54, 1.807) is 54.3 Å². The van der Waals surface area contributed by atoms with Crippen LogP contribution in [0.1, 0.15) is 38.3 Å². The van der Waals surface area contributed by atoms with Gasteiger partial charge < -0.3 is 24.2 Å². The van der Waals surface area contributed by atoms with E-state index in [2.05, 4.69) is 36.2 Å². The minimum atomic E-state index is -1.39. The smallest absolute Gasteiger partial charge is 0.337 e. The second-order valence-corrected chi connectivity index (χ2v) is 12.0. The first-order valence-corrected chi connectivity index (χ1v) is 15.8. The molecular formula is C36H42F2N4O4. The number of nitrogens with one attached hydrogen (secondary N) is 1. The molecule has 0 spiro atoms. The lowest BCUT2D eigenvalue weighted by Crippen LogP contribution is -2.54. The van der Waals surface area contributed by atoms with Crippen molar-refractivity contribution in [3.8, 4) is 5.75 Å². The molecule has 0 radical (unpaired) electrons. The Morgan fingerprint density at radius 3 is 2.57 bits per heavy atom. The second-order valence-electron chi connectivity index (χ2n) is 12.0. The molecule has 0 bridgehead atoms. The molecular weight excluding hydrogens is 590 g/mol. The number of carbonyl (C=O) groups excluding carboxylic acids is 2. The Morgan fingerprint density at radius 1 is 1.11 bits per heavy atom. The normalized spacial score (nSPS) is 19.5. The minimum absolute atomic E-state index is 0.0589. The predicted molar refractivity (Wildman–Crippen MR) is 173 cm³/mol.